The van der Waals surface area contributed by atoms with Crippen LogP contribution in [0.1, 0.15) is 31.9 Å². The summed E-state index contributed by atoms with van der Waals surface area (Å²) >= 11 is 0. The normalized spacial score (nSPS) is 11.1. The summed E-state index contributed by atoms with van der Waals surface area (Å²) in [5, 5.41) is 7.72. The molecule has 5 heteroatoms. The highest BCUT2D eigenvalue weighted by Gasteiger charge is 2.12. The van der Waals surface area contributed by atoms with Crippen LogP contribution in [-0.4, -0.2) is 27.9 Å². The van der Waals surface area contributed by atoms with Gasteiger partial charge in [-0.25, -0.2) is 4.98 Å². The quantitative estimate of drug-likeness (QED) is 0.778. The van der Waals surface area contributed by atoms with Crippen LogP contribution in [0.5, 0.6) is 0 Å². The molecule has 0 saturated carbocycles. The van der Waals surface area contributed by atoms with E-state index in [4.69, 9.17) is 4.42 Å². The molecule has 0 atom stereocenters. The van der Waals surface area contributed by atoms with Crippen molar-refractivity contribution in [2.24, 2.45) is 0 Å². The minimum atomic E-state index is 0.800. The van der Waals surface area contributed by atoms with Gasteiger partial charge in [-0.05, 0) is 39.4 Å². The fraction of sp³-hybridized carbons (Fsp3) is 0.571. The number of hydrogen-bond acceptors (Lipinski definition) is 4. The van der Waals surface area contributed by atoms with E-state index in [2.05, 4.69) is 29.2 Å². The molecular formula is C14H22N4O. The lowest BCUT2D eigenvalue weighted by Crippen LogP contribution is -2.14. The van der Waals surface area contributed by atoms with Crippen LogP contribution in [0.15, 0.2) is 16.7 Å². The van der Waals surface area contributed by atoms with Gasteiger partial charge < -0.3 is 9.73 Å². The zero-order valence-corrected chi connectivity index (χ0v) is 11.9. The van der Waals surface area contributed by atoms with Crippen molar-refractivity contribution >= 4 is 0 Å². The molecule has 0 fully saturated rings. The lowest BCUT2D eigenvalue weighted by atomic mass is 10.3. The topological polar surface area (TPSA) is 55.9 Å². The second-order valence-electron chi connectivity index (χ2n) is 4.56. The highest BCUT2D eigenvalue weighted by molar-refractivity contribution is 5.51. The van der Waals surface area contributed by atoms with Crippen LogP contribution < -0.4 is 5.32 Å². The first kappa shape index (κ1) is 13.8. The molecule has 2 rings (SSSR count). The first-order valence-electron chi connectivity index (χ1n) is 6.94. The smallest absolute Gasteiger partial charge is 0.195 e. The number of nitrogens with zero attached hydrogens (tertiary/aromatic N) is 3. The maximum Gasteiger partial charge on any atom is 0.195 e. The molecule has 0 bridgehead atoms. The Morgan fingerprint density at radius 2 is 2.21 bits per heavy atom. The molecule has 0 saturated heterocycles. The number of hydrogen-bond donors (Lipinski definition) is 1. The Labute approximate surface area is 114 Å². The molecule has 0 aliphatic carbocycles. The zero-order chi connectivity index (χ0) is 13.7. The van der Waals surface area contributed by atoms with Crippen LogP contribution in [0, 0.1) is 6.92 Å². The Morgan fingerprint density at radius 1 is 1.37 bits per heavy atom. The van der Waals surface area contributed by atoms with Crippen molar-refractivity contribution < 1.29 is 4.42 Å². The van der Waals surface area contributed by atoms with Crippen molar-refractivity contribution in [3.05, 3.63) is 23.8 Å². The predicted octanol–water partition coefficient (Wildman–Crippen LogP) is 2.41. The van der Waals surface area contributed by atoms with E-state index in [-0.39, 0.29) is 0 Å². The van der Waals surface area contributed by atoms with Gasteiger partial charge in [-0.3, -0.25) is 4.68 Å². The Morgan fingerprint density at radius 3 is 2.95 bits per heavy atom. The minimum absolute atomic E-state index is 0.800. The predicted molar refractivity (Wildman–Crippen MR) is 75.0 cm³/mol. The van der Waals surface area contributed by atoms with E-state index in [1.165, 1.54) is 0 Å². The maximum atomic E-state index is 5.81. The molecular weight excluding hydrogens is 240 g/mol. The van der Waals surface area contributed by atoms with Gasteiger partial charge in [-0.2, -0.15) is 5.10 Å². The summed E-state index contributed by atoms with van der Waals surface area (Å²) in [5.41, 5.74) is 2.01. The second kappa shape index (κ2) is 6.52. The third-order valence-electron chi connectivity index (χ3n) is 3.00. The summed E-state index contributed by atoms with van der Waals surface area (Å²) in [7, 11) is 0. The lowest BCUT2D eigenvalue weighted by Gasteiger charge is -2.00. The van der Waals surface area contributed by atoms with Crippen LogP contribution in [-0.2, 0) is 13.0 Å². The van der Waals surface area contributed by atoms with Crippen LogP contribution in [0.2, 0.25) is 0 Å². The van der Waals surface area contributed by atoms with Crippen molar-refractivity contribution in [3.63, 3.8) is 0 Å². The maximum absolute atomic E-state index is 5.81. The summed E-state index contributed by atoms with van der Waals surface area (Å²) < 4.78 is 7.75. The van der Waals surface area contributed by atoms with Crippen LogP contribution in [0.4, 0.5) is 0 Å². The lowest BCUT2D eigenvalue weighted by molar-refractivity contribution is 0.487. The summed E-state index contributed by atoms with van der Waals surface area (Å²) in [6, 6.07) is 2.03. The molecule has 0 radical (unpaired) electrons. The molecule has 0 aromatic carbocycles. The summed E-state index contributed by atoms with van der Waals surface area (Å²) in [6.45, 7) is 9.01. The summed E-state index contributed by atoms with van der Waals surface area (Å²) in [6.07, 6.45) is 3.71. The SMILES string of the molecule is CCNCCCc1ncc(-c2cc(C)nn2CC)o1. The fourth-order valence-electron chi connectivity index (χ4n) is 2.07. The average molecular weight is 262 g/mol. The van der Waals surface area contributed by atoms with Gasteiger partial charge >= 0.3 is 0 Å². The molecule has 5 nitrogen and oxygen atoms in total. The molecule has 0 amide bonds. The van der Waals surface area contributed by atoms with Crippen molar-refractivity contribution in [1.29, 1.82) is 0 Å². The van der Waals surface area contributed by atoms with Crippen molar-refractivity contribution in [1.82, 2.24) is 20.1 Å². The third kappa shape index (κ3) is 3.44. The van der Waals surface area contributed by atoms with Gasteiger partial charge in [-0.15, -0.1) is 0 Å². The molecule has 0 spiro atoms. The Hall–Kier alpha value is -1.62. The number of aromatic nitrogens is 3. The van der Waals surface area contributed by atoms with Gasteiger partial charge in [0.15, 0.2) is 11.7 Å². The van der Waals surface area contributed by atoms with E-state index < -0.39 is 0 Å². The highest BCUT2D eigenvalue weighted by atomic mass is 16.4. The average Bonchev–Trinajstić information content (AvgIpc) is 3.00. The first-order chi connectivity index (χ1) is 9.24. The number of oxazole rings is 1. The summed E-state index contributed by atoms with van der Waals surface area (Å²) in [4.78, 5) is 4.34. The third-order valence-corrected chi connectivity index (χ3v) is 3.00. The van der Waals surface area contributed by atoms with Crippen molar-refractivity contribution in [2.75, 3.05) is 13.1 Å². The summed E-state index contributed by atoms with van der Waals surface area (Å²) in [5.74, 6) is 1.61. The highest BCUT2D eigenvalue weighted by Crippen LogP contribution is 2.21. The molecule has 104 valence electrons. The molecule has 2 aromatic heterocycles. The Balaban J connectivity index is 2.03. The van der Waals surface area contributed by atoms with E-state index in [0.29, 0.717) is 0 Å². The van der Waals surface area contributed by atoms with Gasteiger partial charge in [0.1, 0.15) is 5.69 Å². The number of aryl methyl sites for hydroxylation is 3. The van der Waals surface area contributed by atoms with E-state index in [0.717, 1.165) is 55.5 Å². The van der Waals surface area contributed by atoms with Gasteiger partial charge in [-0.1, -0.05) is 6.92 Å². The largest absolute Gasteiger partial charge is 0.439 e. The van der Waals surface area contributed by atoms with Crippen molar-refractivity contribution in [3.8, 4) is 11.5 Å². The van der Waals surface area contributed by atoms with Crippen LogP contribution in [0.3, 0.4) is 0 Å². The van der Waals surface area contributed by atoms with E-state index in [9.17, 15) is 0 Å². The molecule has 0 unspecified atom stereocenters. The standard InChI is InChI=1S/C14H22N4O/c1-4-15-8-6-7-14-16-10-13(19-14)12-9-11(3)17-18(12)5-2/h9-10,15H,4-8H2,1-3H3. The Bertz CT molecular complexity index is 515. The zero-order valence-electron chi connectivity index (χ0n) is 11.9. The molecule has 19 heavy (non-hydrogen) atoms. The number of rotatable bonds is 7. The van der Waals surface area contributed by atoms with E-state index >= 15 is 0 Å². The molecule has 1 N–H and O–H groups in total. The van der Waals surface area contributed by atoms with Crippen molar-refractivity contribution in [2.45, 2.75) is 40.2 Å². The molecule has 0 aliphatic rings. The second-order valence-corrected chi connectivity index (χ2v) is 4.56. The van der Waals surface area contributed by atoms with Crippen LogP contribution >= 0.6 is 0 Å². The number of nitrogens with one attached hydrogen (secondary N) is 1. The molecule has 2 heterocycles. The van der Waals surface area contributed by atoms with Gasteiger partial charge in [0.2, 0.25) is 0 Å². The van der Waals surface area contributed by atoms with E-state index in [1.807, 2.05) is 17.7 Å². The van der Waals surface area contributed by atoms with Gasteiger partial charge in [0, 0.05) is 13.0 Å². The van der Waals surface area contributed by atoms with Crippen LogP contribution in [0.25, 0.3) is 11.5 Å². The van der Waals surface area contributed by atoms with Gasteiger partial charge in [0.25, 0.3) is 0 Å². The molecule has 0 aliphatic heterocycles. The first-order valence-corrected chi connectivity index (χ1v) is 6.94. The van der Waals surface area contributed by atoms with E-state index in [1.54, 1.807) is 6.20 Å². The monoisotopic (exact) mass is 262 g/mol. The molecule has 2 aromatic rings. The minimum Gasteiger partial charge on any atom is -0.439 e. The van der Waals surface area contributed by atoms with Gasteiger partial charge in [0.05, 0.1) is 11.9 Å². The fourth-order valence-corrected chi connectivity index (χ4v) is 2.07. The Kier molecular flexibility index (Phi) is 4.74.